The molecule has 1 aromatic heterocycles. The van der Waals surface area contributed by atoms with Gasteiger partial charge in [0.25, 0.3) is 0 Å². The summed E-state index contributed by atoms with van der Waals surface area (Å²) in [7, 11) is 0. The average molecular weight is 362 g/mol. The number of ether oxygens (including phenoxy) is 1. The zero-order chi connectivity index (χ0) is 17.1. The van der Waals surface area contributed by atoms with Crippen molar-refractivity contribution < 1.29 is 9.53 Å². The van der Waals surface area contributed by atoms with Gasteiger partial charge in [-0.1, -0.05) is 35.3 Å². The van der Waals surface area contributed by atoms with E-state index in [1.54, 1.807) is 19.1 Å². The molecular weight excluding hydrogens is 349 g/mol. The molecule has 122 valence electrons. The Morgan fingerprint density at radius 3 is 2.67 bits per heavy atom. The van der Waals surface area contributed by atoms with Gasteiger partial charge in [0.1, 0.15) is 11.9 Å². The quantitative estimate of drug-likeness (QED) is 0.654. The standard InChI is InChI=1S/C17H13Cl2N3O2/c1-2-24-17(23)9-16-20-14-6-3-10(7-15(14)21-22-16)12-5-4-11(18)8-13(12)19/h3-8H,2,9H2,1H3. The fourth-order valence-corrected chi connectivity index (χ4v) is 2.80. The first kappa shape index (κ1) is 16.6. The first-order chi connectivity index (χ1) is 11.6. The number of rotatable bonds is 4. The molecule has 0 aliphatic carbocycles. The van der Waals surface area contributed by atoms with E-state index in [4.69, 9.17) is 27.9 Å². The van der Waals surface area contributed by atoms with Crippen LogP contribution in [0.2, 0.25) is 10.0 Å². The molecule has 0 amide bonds. The molecule has 3 rings (SSSR count). The van der Waals surface area contributed by atoms with Crippen LogP contribution < -0.4 is 0 Å². The molecule has 0 unspecified atom stereocenters. The maximum Gasteiger partial charge on any atom is 0.313 e. The molecule has 0 saturated heterocycles. The molecule has 24 heavy (non-hydrogen) atoms. The summed E-state index contributed by atoms with van der Waals surface area (Å²) in [5.41, 5.74) is 3.00. The summed E-state index contributed by atoms with van der Waals surface area (Å²) in [5, 5.41) is 9.26. The zero-order valence-electron chi connectivity index (χ0n) is 12.8. The van der Waals surface area contributed by atoms with Crippen LogP contribution in [0.25, 0.3) is 22.2 Å². The minimum atomic E-state index is -0.372. The molecular formula is C17H13Cl2N3O2. The Morgan fingerprint density at radius 2 is 1.92 bits per heavy atom. The van der Waals surface area contributed by atoms with E-state index in [9.17, 15) is 4.79 Å². The smallest absolute Gasteiger partial charge is 0.313 e. The van der Waals surface area contributed by atoms with Gasteiger partial charge in [-0.15, -0.1) is 10.2 Å². The van der Waals surface area contributed by atoms with Crippen LogP contribution in [0.3, 0.4) is 0 Å². The lowest BCUT2D eigenvalue weighted by Crippen LogP contribution is -2.11. The Bertz CT molecular complexity index is 915. The summed E-state index contributed by atoms with van der Waals surface area (Å²) in [5.74, 6) is -0.0403. The van der Waals surface area contributed by atoms with Gasteiger partial charge in [0, 0.05) is 15.6 Å². The van der Waals surface area contributed by atoms with Crippen LogP contribution in [0.15, 0.2) is 36.4 Å². The molecule has 0 radical (unpaired) electrons. The molecule has 0 bridgehead atoms. The van der Waals surface area contributed by atoms with Crippen LogP contribution in [-0.2, 0) is 16.0 Å². The summed E-state index contributed by atoms with van der Waals surface area (Å²) in [4.78, 5) is 15.8. The van der Waals surface area contributed by atoms with Crippen molar-refractivity contribution in [2.75, 3.05) is 6.61 Å². The third kappa shape index (κ3) is 3.63. The molecule has 0 aliphatic heterocycles. The fourth-order valence-electron chi connectivity index (χ4n) is 2.28. The minimum Gasteiger partial charge on any atom is -0.466 e. The van der Waals surface area contributed by atoms with Crippen LogP contribution in [0.4, 0.5) is 0 Å². The highest BCUT2D eigenvalue weighted by molar-refractivity contribution is 6.36. The second-order valence-electron chi connectivity index (χ2n) is 5.04. The minimum absolute atomic E-state index is 0.00153. The summed E-state index contributed by atoms with van der Waals surface area (Å²) in [6.45, 7) is 2.08. The van der Waals surface area contributed by atoms with Crippen molar-refractivity contribution in [2.45, 2.75) is 13.3 Å². The van der Waals surface area contributed by atoms with Gasteiger partial charge in [0.05, 0.1) is 12.1 Å². The predicted octanol–water partition coefficient (Wildman–Crippen LogP) is 4.10. The average Bonchev–Trinajstić information content (AvgIpc) is 2.54. The van der Waals surface area contributed by atoms with Gasteiger partial charge in [-0.3, -0.25) is 4.79 Å². The second-order valence-corrected chi connectivity index (χ2v) is 5.88. The van der Waals surface area contributed by atoms with Crippen molar-refractivity contribution in [2.24, 2.45) is 0 Å². The molecule has 3 aromatic rings. The lowest BCUT2D eigenvalue weighted by molar-refractivity contribution is -0.142. The van der Waals surface area contributed by atoms with Gasteiger partial charge in [0.15, 0.2) is 5.82 Å². The van der Waals surface area contributed by atoms with Crippen molar-refractivity contribution >= 4 is 40.2 Å². The Hall–Kier alpha value is -2.24. The summed E-state index contributed by atoms with van der Waals surface area (Å²) in [6.07, 6.45) is 0.00153. The van der Waals surface area contributed by atoms with E-state index in [0.29, 0.717) is 33.5 Å². The number of esters is 1. The van der Waals surface area contributed by atoms with Gasteiger partial charge in [-0.2, -0.15) is 0 Å². The molecule has 0 atom stereocenters. The van der Waals surface area contributed by atoms with E-state index in [1.165, 1.54) is 0 Å². The van der Waals surface area contributed by atoms with Gasteiger partial charge in [-0.25, -0.2) is 4.98 Å². The van der Waals surface area contributed by atoms with E-state index >= 15 is 0 Å². The molecule has 0 spiro atoms. The third-order valence-corrected chi connectivity index (χ3v) is 3.90. The highest BCUT2D eigenvalue weighted by Crippen LogP contribution is 2.31. The molecule has 1 heterocycles. The highest BCUT2D eigenvalue weighted by Gasteiger charge is 2.10. The summed E-state index contributed by atoms with van der Waals surface area (Å²) < 4.78 is 4.89. The van der Waals surface area contributed by atoms with Crippen LogP contribution in [0.5, 0.6) is 0 Å². The Morgan fingerprint density at radius 1 is 1.08 bits per heavy atom. The number of halogens is 2. The van der Waals surface area contributed by atoms with Crippen LogP contribution >= 0.6 is 23.2 Å². The molecule has 0 N–H and O–H groups in total. The summed E-state index contributed by atoms with van der Waals surface area (Å²) in [6, 6.07) is 10.9. The van der Waals surface area contributed by atoms with Gasteiger partial charge in [-0.05, 0) is 36.8 Å². The highest BCUT2D eigenvalue weighted by atomic mass is 35.5. The topological polar surface area (TPSA) is 65.0 Å². The lowest BCUT2D eigenvalue weighted by atomic mass is 10.1. The molecule has 0 saturated carbocycles. The molecule has 2 aromatic carbocycles. The van der Waals surface area contributed by atoms with E-state index < -0.39 is 0 Å². The summed E-state index contributed by atoms with van der Waals surface area (Å²) >= 11 is 12.2. The van der Waals surface area contributed by atoms with Crippen molar-refractivity contribution in [1.29, 1.82) is 0 Å². The predicted molar refractivity (Wildman–Crippen MR) is 93.1 cm³/mol. The first-order valence-corrected chi connectivity index (χ1v) is 8.07. The van der Waals surface area contributed by atoms with Crippen LogP contribution in [0.1, 0.15) is 12.7 Å². The third-order valence-electron chi connectivity index (χ3n) is 3.35. The van der Waals surface area contributed by atoms with Gasteiger partial charge >= 0.3 is 5.97 Å². The van der Waals surface area contributed by atoms with Gasteiger partial charge in [0.2, 0.25) is 0 Å². The number of nitrogens with zero attached hydrogens (tertiary/aromatic N) is 3. The van der Waals surface area contributed by atoms with E-state index in [2.05, 4.69) is 15.2 Å². The maximum absolute atomic E-state index is 11.5. The Kier molecular flexibility index (Phi) is 4.92. The lowest BCUT2D eigenvalue weighted by Gasteiger charge is -2.06. The molecule has 0 fully saturated rings. The van der Waals surface area contributed by atoms with E-state index in [1.807, 2.05) is 24.3 Å². The number of hydrogen-bond donors (Lipinski definition) is 0. The number of hydrogen-bond acceptors (Lipinski definition) is 5. The Labute approximate surface area is 148 Å². The maximum atomic E-state index is 11.5. The monoisotopic (exact) mass is 361 g/mol. The largest absolute Gasteiger partial charge is 0.466 e. The van der Waals surface area contributed by atoms with Crippen LogP contribution in [0, 0.1) is 0 Å². The number of benzene rings is 2. The van der Waals surface area contributed by atoms with Crippen molar-refractivity contribution in [3.63, 3.8) is 0 Å². The van der Waals surface area contributed by atoms with E-state index in [0.717, 1.165) is 11.1 Å². The van der Waals surface area contributed by atoms with Crippen molar-refractivity contribution in [3.05, 3.63) is 52.3 Å². The van der Waals surface area contributed by atoms with Crippen molar-refractivity contribution in [1.82, 2.24) is 15.2 Å². The zero-order valence-corrected chi connectivity index (χ0v) is 14.3. The van der Waals surface area contributed by atoms with Gasteiger partial charge < -0.3 is 4.74 Å². The Balaban J connectivity index is 1.93. The number of fused-ring (bicyclic) bond motifs is 1. The van der Waals surface area contributed by atoms with Crippen molar-refractivity contribution in [3.8, 4) is 11.1 Å². The number of carbonyl (C=O) groups excluding carboxylic acids is 1. The number of aromatic nitrogens is 3. The van der Waals surface area contributed by atoms with Crippen LogP contribution in [-0.4, -0.2) is 27.8 Å². The normalized spacial score (nSPS) is 10.8. The second kappa shape index (κ2) is 7.11. The first-order valence-electron chi connectivity index (χ1n) is 7.31. The number of carbonyl (C=O) groups is 1. The molecule has 0 aliphatic rings. The SMILES string of the molecule is CCOC(=O)Cc1nnc2cc(-c3ccc(Cl)cc3Cl)ccc2n1. The molecule has 7 heteroatoms. The fraction of sp³-hybridized carbons (Fsp3) is 0.176. The van der Waals surface area contributed by atoms with E-state index in [-0.39, 0.29) is 12.4 Å². The molecule has 5 nitrogen and oxygen atoms in total.